The second-order valence-electron chi connectivity index (χ2n) is 7.87. The fourth-order valence-corrected chi connectivity index (χ4v) is 3.41. The Balaban J connectivity index is 1.86. The summed E-state index contributed by atoms with van der Waals surface area (Å²) in [5, 5.41) is 12.6. The van der Waals surface area contributed by atoms with E-state index in [4.69, 9.17) is 0 Å². The average Bonchev–Trinajstić information content (AvgIpc) is 3.61. The number of hydrogen-bond acceptors (Lipinski definition) is 4. The number of allylic oxidation sites excluding steroid dienone is 4. The van der Waals surface area contributed by atoms with Crippen molar-refractivity contribution in [3.63, 3.8) is 0 Å². The van der Waals surface area contributed by atoms with Crippen LogP contribution in [0.4, 0.5) is 0 Å². The molecule has 32 heavy (non-hydrogen) atoms. The summed E-state index contributed by atoms with van der Waals surface area (Å²) in [6, 6.07) is 11.1. The predicted molar refractivity (Wildman–Crippen MR) is 123 cm³/mol. The van der Waals surface area contributed by atoms with Gasteiger partial charge in [-0.15, -0.1) is 0 Å². The number of carbonyl (C=O) groups is 1. The van der Waals surface area contributed by atoms with Gasteiger partial charge in [0.1, 0.15) is 17.4 Å². The molecule has 1 aliphatic carbocycles. The molecule has 1 fully saturated rings. The Kier molecular flexibility index (Phi) is 6.11. The van der Waals surface area contributed by atoms with Gasteiger partial charge < -0.3 is 9.88 Å². The highest BCUT2D eigenvalue weighted by molar-refractivity contribution is 5.97. The molecule has 7 heteroatoms. The number of nitrogens with one attached hydrogen (secondary N) is 1. The van der Waals surface area contributed by atoms with Gasteiger partial charge in [-0.25, -0.2) is 10.2 Å². The Morgan fingerprint density at radius 2 is 2.09 bits per heavy atom. The van der Waals surface area contributed by atoms with Crippen LogP contribution < -0.4 is 16.2 Å². The van der Waals surface area contributed by atoms with Crippen molar-refractivity contribution < 1.29 is 15.5 Å². The average molecular weight is 430 g/mol. The fraction of sp³-hybridized carbons (Fsp3) is 0.160. The summed E-state index contributed by atoms with van der Waals surface area (Å²) in [5.41, 5.74) is 4.45. The van der Waals surface area contributed by atoms with Gasteiger partial charge in [-0.1, -0.05) is 30.4 Å². The van der Waals surface area contributed by atoms with Gasteiger partial charge in [-0.2, -0.15) is 5.48 Å². The maximum atomic E-state index is 13.0. The molecule has 0 radical (unpaired) electrons. The number of nitrogens with zero attached hydrogens (tertiary/aromatic N) is 2. The van der Waals surface area contributed by atoms with Gasteiger partial charge >= 0.3 is 0 Å². The molecule has 0 unspecified atom stereocenters. The van der Waals surface area contributed by atoms with Crippen molar-refractivity contribution in [2.45, 2.75) is 25.8 Å². The van der Waals surface area contributed by atoms with Crippen molar-refractivity contribution >= 4 is 22.5 Å². The SMILES string of the molecule is C=C(C)C=CC(=C[NH2+]O)c1cccc(-n2cc(C(=O)NC3CC3)c(=O)c3cccnc32)c1. The first-order chi connectivity index (χ1) is 15.5. The molecule has 0 aliphatic heterocycles. The number of rotatable bonds is 7. The third-order valence-electron chi connectivity index (χ3n) is 5.18. The standard InChI is InChI=1S/C25H24N4O3/c1-16(2)8-9-18(14-27-32)17-5-3-6-20(13-17)29-15-22(25(31)28-19-10-11-19)23(30)21-7-4-12-26-24(21)29/h3-9,12-15,19,27,32H,1,10-11H2,2H3,(H,28,31)/p+1. The Hall–Kier alpha value is -3.81. The lowest BCUT2D eigenvalue weighted by Crippen LogP contribution is -2.73. The number of hydrogen-bond donors (Lipinski definition) is 3. The predicted octanol–water partition coefficient (Wildman–Crippen LogP) is 2.70. The maximum absolute atomic E-state index is 13.0. The largest absolute Gasteiger partial charge is 0.349 e. The van der Waals surface area contributed by atoms with Gasteiger partial charge in [0, 0.05) is 29.7 Å². The van der Waals surface area contributed by atoms with E-state index in [1.165, 1.54) is 0 Å². The summed E-state index contributed by atoms with van der Waals surface area (Å²) in [6.07, 6.45) is 10.4. The molecule has 162 valence electrons. The molecule has 7 nitrogen and oxygen atoms in total. The van der Waals surface area contributed by atoms with Gasteiger partial charge in [-0.05, 0) is 55.7 Å². The van der Waals surface area contributed by atoms with Crippen molar-refractivity contribution in [1.29, 1.82) is 0 Å². The van der Waals surface area contributed by atoms with Crippen molar-refractivity contribution in [2.24, 2.45) is 0 Å². The molecule has 3 aromatic rings. The van der Waals surface area contributed by atoms with Crippen molar-refractivity contribution in [3.05, 3.63) is 101 Å². The molecule has 1 amide bonds. The van der Waals surface area contributed by atoms with Crippen LogP contribution in [0.5, 0.6) is 0 Å². The smallest absolute Gasteiger partial charge is 0.257 e. The topological polar surface area (TPSA) is 101 Å². The molecule has 1 saturated carbocycles. The highest BCUT2D eigenvalue weighted by Crippen LogP contribution is 2.23. The van der Waals surface area contributed by atoms with E-state index in [-0.39, 0.29) is 22.9 Å². The van der Waals surface area contributed by atoms with Gasteiger partial charge in [0.15, 0.2) is 0 Å². The number of nitrogens with two attached hydrogens (primary N) is 1. The lowest BCUT2D eigenvalue weighted by Gasteiger charge is -2.14. The Bertz CT molecular complexity index is 1320. The first-order valence-corrected chi connectivity index (χ1v) is 10.4. The molecular weight excluding hydrogens is 404 g/mol. The van der Waals surface area contributed by atoms with E-state index in [2.05, 4.69) is 16.9 Å². The van der Waals surface area contributed by atoms with E-state index >= 15 is 0 Å². The second kappa shape index (κ2) is 9.13. The lowest BCUT2D eigenvalue weighted by atomic mass is 10.0. The molecule has 2 heterocycles. The first kappa shape index (κ1) is 21.4. The quantitative estimate of drug-likeness (QED) is 0.397. The van der Waals surface area contributed by atoms with Gasteiger partial charge in [0.05, 0.1) is 5.39 Å². The van der Waals surface area contributed by atoms with Crippen LogP contribution in [-0.4, -0.2) is 26.7 Å². The summed E-state index contributed by atoms with van der Waals surface area (Å²) < 4.78 is 1.75. The molecule has 2 aromatic heterocycles. The molecule has 0 bridgehead atoms. The van der Waals surface area contributed by atoms with Crippen LogP contribution >= 0.6 is 0 Å². The molecule has 4 N–H and O–H groups in total. The summed E-state index contributed by atoms with van der Waals surface area (Å²) in [6.45, 7) is 5.76. The summed E-state index contributed by atoms with van der Waals surface area (Å²) >= 11 is 0. The first-order valence-electron chi connectivity index (χ1n) is 10.4. The highest BCUT2D eigenvalue weighted by Gasteiger charge is 2.26. The minimum Gasteiger partial charge on any atom is -0.349 e. The molecule has 0 atom stereocenters. The van der Waals surface area contributed by atoms with Crippen LogP contribution in [0.3, 0.4) is 0 Å². The molecule has 0 saturated heterocycles. The van der Waals surface area contributed by atoms with E-state index in [1.807, 2.05) is 43.3 Å². The monoisotopic (exact) mass is 429 g/mol. The molecule has 1 aromatic carbocycles. The van der Waals surface area contributed by atoms with Crippen molar-refractivity contribution in [1.82, 2.24) is 14.9 Å². The van der Waals surface area contributed by atoms with E-state index in [9.17, 15) is 14.8 Å². The zero-order valence-corrected chi connectivity index (χ0v) is 17.8. The Morgan fingerprint density at radius 1 is 1.28 bits per heavy atom. The number of amides is 1. The molecule has 4 rings (SSSR count). The maximum Gasteiger partial charge on any atom is 0.257 e. The third-order valence-corrected chi connectivity index (χ3v) is 5.18. The number of hydroxylamine groups is 1. The number of fused-ring (bicyclic) bond motifs is 1. The Labute approximate surface area is 185 Å². The number of aromatic nitrogens is 2. The van der Waals surface area contributed by atoms with E-state index < -0.39 is 0 Å². The van der Waals surface area contributed by atoms with Crippen LogP contribution in [0.25, 0.3) is 22.3 Å². The highest BCUT2D eigenvalue weighted by atomic mass is 16.5. The van der Waals surface area contributed by atoms with Crippen LogP contribution in [-0.2, 0) is 0 Å². The molecule has 1 aliphatic rings. The minimum atomic E-state index is -0.368. The number of benzene rings is 1. The van der Waals surface area contributed by atoms with Crippen LogP contribution in [0.15, 0.2) is 84.1 Å². The summed E-state index contributed by atoms with van der Waals surface area (Å²) in [7, 11) is 0. The van der Waals surface area contributed by atoms with E-state index in [0.717, 1.165) is 40.7 Å². The summed E-state index contributed by atoms with van der Waals surface area (Å²) in [4.78, 5) is 30.1. The van der Waals surface area contributed by atoms with Gasteiger partial charge in [-0.3, -0.25) is 9.59 Å². The van der Waals surface area contributed by atoms with Gasteiger partial charge in [0.2, 0.25) is 5.43 Å². The van der Waals surface area contributed by atoms with Crippen LogP contribution in [0.2, 0.25) is 0 Å². The zero-order chi connectivity index (χ0) is 22.7. The lowest BCUT2D eigenvalue weighted by molar-refractivity contribution is -0.837. The third kappa shape index (κ3) is 4.59. The second-order valence-corrected chi connectivity index (χ2v) is 7.87. The van der Waals surface area contributed by atoms with E-state index in [0.29, 0.717) is 11.0 Å². The number of quaternary nitrogens is 1. The van der Waals surface area contributed by atoms with E-state index in [1.54, 1.807) is 35.3 Å². The van der Waals surface area contributed by atoms with Crippen LogP contribution in [0.1, 0.15) is 35.7 Å². The van der Waals surface area contributed by atoms with Crippen LogP contribution in [0, 0.1) is 0 Å². The van der Waals surface area contributed by atoms with Gasteiger partial charge in [0.25, 0.3) is 5.91 Å². The number of carbonyl (C=O) groups excluding carboxylic acids is 1. The van der Waals surface area contributed by atoms with Crippen molar-refractivity contribution in [2.75, 3.05) is 0 Å². The summed E-state index contributed by atoms with van der Waals surface area (Å²) in [5.74, 6) is -0.368. The fourth-order valence-electron chi connectivity index (χ4n) is 3.41. The zero-order valence-electron chi connectivity index (χ0n) is 17.8. The molecule has 0 spiro atoms. The number of pyridine rings is 2. The molecular formula is C25H25N4O3+. The van der Waals surface area contributed by atoms with Crippen molar-refractivity contribution in [3.8, 4) is 5.69 Å². The Morgan fingerprint density at radius 3 is 2.81 bits per heavy atom. The normalized spacial score (nSPS) is 14.1. The minimum absolute atomic E-state index is 0.0874.